The van der Waals surface area contributed by atoms with Crippen LogP contribution in [0, 0.1) is 11.3 Å². The van der Waals surface area contributed by atoms with E-state index >= 15 is 0 Å². The van der Waals surface area contributed by atoms with Gasteiger partial charge in [-0.15, -0.1) is 0 Å². The van der Waals surface area contributed by atoms with Crippen molar-refractivity contribution in [1.29, 1.82) is 5.26 Å². The molecule has 2 rings (SSSR count). The Kier molecular flexibility index (Phi) is 4.20. The molecule has 0 amide bonds. The molecule has 3 unspecified atom stereocenters. The summed E-state index contributed by atoms with van der Waals surface area (Å²) in [4.78, 5) is 2.55. The number of rotatable bonds is 3. The first-order chi connectivity index (χ1) is 7.86. The van der Waals surface area contributed by atoms with Crippen LogP contribution in [0.4, 0.5) is 0 Å². The first-order valence-electron chi connectivity index (χ1n) is 6.61. The Morgan fingerprint density at radius 2 is 2.25 bits per heavy atom. The summed E-state index contributed by atoms with van der Waals surface area (Å²) in [5.74, 6) is 0. The standard InChI is InChI=1S/C13H22N2O/c1-2-11(7-8-14)15-9-10-16-13-6-4-3-5-12(13)15/h11-13H,2-7,9-10H2,1H3. The average molecular weight is 222 g/mol. The summed E-state index contributed by atoms with van der Waals surface area (Å²) in [6, 6.07) is 3.36. The highest BCUT2D eigenvalue weighted by atomic mass is 16.5. The molecule has 0 radical (unpaired) electrons. The van der Waals surface area contributed by atoms with E-state index in [0.717, 1.165) is 19.6 Å². The number of nitriles is 1. The van der Waals surface area contributed by atoms with Crippen LogP contribution in [-0.2, 0) is 4.74 Å². The molecule has 3 heteroatoms. The Balaban J connectivity index is 2.03. The second-order valence-corrected chi connectivity index (χ2v) is 4.92. The molecule has 0 aromatic carbocycles. The molecule has 3 nitrogen and oxygen atoms in total. The van der Waals surface area contributed by atoms with Gasteiger partial charge in [0, 0.05) is 18.6 Å². The summed E-state index contributed by atoms with van der Waals surface area (Å²) in [5.41, 5.74) is 0. The summed E-state index contributed by atoms with van der Waals surface area (Å²) >= 11 is 0. The smallest absolute Gasteiger partial charge is 0.0731 e. The monoisotopic (exact) mass is 222 g/mol. The van der Waals surface area contributed by atoms with Gasteiger partial charge in [0.2, 0.25) is 0 Å². The lowest BCUT2D eigenvalue weighted by atomic mass is 9.88. The van der Waals surface area contributed by atoms with Crippen LogP contribution in [0.15, 0.2) is 0 Å². The number of fused-ring (bicyclic) bond motifs is 1. The SMILES string of the molecule is CCC(CC#N)N1CCOC2CCCCC21. The van der Waals surface area contributed by atoms with Crippen molar-refractivity contribution >= 4 is 0 Å². The zero-order valence-electron chi connectivity index (χ0n) is 10.2. The van der Waals surface area contributed by atoms with E-state index in [4.69, 9.17) is 10.00 Å². The normalized spacial score (nSPS) is 32.8. The van der Waals surface area contributed by atoms with Crippen LogP contribution in [0.2, 0.25) is 0 Å². The van der Waals surface area contributed by atoms with Crippen molar-refractivity contribution < 1.29 is 4.74 Å². The summed E-state index contributed by atoms with van der Waals surface area (Å²) in [5, 5.41) is 8.89. The molecule has 3 atom stereocenters. The van der Waals surface area contributed by atoms with Gasteiger partial charge in [-0.1, -0.05) is 19.8 Å². The van der Waals surface area contributed by atoms with E-state index in [1.807, 2.05) is 0 Å². The molecule has 0 aromatic rings. The topological polar surface area (TPSA) is 36.3 Å². The largest absolute Gasteiger partial charge is 0.375 e. The lowest BCUT2D eigenvalue weighted by Crippen LogP contribution is -2.56. The molecule has 0 aromatic heterocycles. The predicted octanol–water partition coefficient (Wildman–Crippen LogP) is 2.32. The third-order valence-corrected chi connectivity index (χ3v) is 4.04. The van der Waals surface area contributed by atoms with Crippen LogP contribution >= 0.6 is 0 Å². The summed E-state index contributed by atoms with van der Waals surface area (Å²) in [6.45, 7) is 4.06. The summed E-state index contributed by atoms with van der Waals surface area (Å²) in [6.07, 6.45) is 7.29. The molecule has 2 aliphatic rings. The van der Waals surface area contributed by atoms with Gasteiger partial charge in [0.15, 0.2) is 0 Å². The molecule has 1 aliphatic carbocycles. The van der Waals surface area contributed by atoms with Gasteiger partial charge in [-0.25, -0.2) is 0 Å². The van der Waals surface area contributed by atoms with E-state index in [2.05, 4.69) is 17.9 Å². The first-order valence-corrected chi connectivity index (χ1v) is 6.61. The second kappa shape index (κ2) is 5.65. The number of hydrogen-bond donors (Lipinski definition) is 0. The molecule has 0 N–H and O–H groups in total. The van der Waals surface area contributed by atoms with E-state index < -0.39 is 0 Å². The third-order valence-electron chi connectivity index (χ3n) is 4.04. The molecule has 0 spiro atoms. The Morgan fingerprint density at radius 1 is 1.44 bits per heavy atom. The zero-order valence-corrected chi connectivity index (χ0v) is 10.2. The van der Waals surface area contributed by atoms with Gasteiger partial charge in [0.05, 0.1) is 25.2 Å². The van der Waals surface area contributed by atoms with Crippen molar-refractivity contribution in [3.05, 3.63) is 0 Å². The molecule has 1 saturated heterocycles. The quantitative estimate of drug-likeness (QED) is 0.735. The maximum atomic E-state index is 8.89. The Bertz CT molecular complexity index is 259. The van der Waals surface area contributed by atoms with Gasteiger partial charge in [-0.3, -0.25) is 4.90 Å². The van der Waals surface area contributed by atoms with Crippen molar-refractivity contribution in [3.8, 4) is 6.07 Å². The molecular weight excluding hydrogens is 200 g/mol. The molecular formula is C13H22N2O. The van der Waals surface area contributed by atoms with Crippen molar-refractivity contribution in [2.24, 2.45) is 0 Å². The lowest BCUT2D eigenvalue weighted by Gasteiger charge is -2.46. The van der Waals surface area contributed by atoms with Crippen molar-refractivity contribution in [2.45, 2.75) is 63.6 Å². The van der Waals surface area contributed by atoms with Gasteiger partial charge in [0.25, 0.3) is 0 Å². The van der Waals surface area contributed by atoms with Gasteiger partial charge in [-0.05, 0) is 19.3 Å². The summed E-state index contributed by atoms with van der Waals surface area (Å²) in [7, 11) is 0. The highest BCUT2D eigenvalue weighted by Crippen LogP contribution is 2.30. The molecule has 16 heavy (non-hydrogen) atoms. The van der Waals surface area contributed by atoms with E-state index in [9.17, 15) is 0 Å². The van der Waals surface area contributed by atoms with Crippen molar-refractivity contribution in [3.63, 3.8) is 0 Å². The fourth-order valence-electron chi connectivity index (χ4n) is 3.18. The Hall–Kier alpha value is -0.590. The van der Waals surface area contributed by atoms with Crippen LogP contribution < -0.4 is 0 Å². The molecule has 1 aliphatic heterocycles. The van der Waals surface area contributed by atoms with Gasteiger partial charge >= 0.3 is 0 Å². The molecule has 2 fully saturated rings. The Morgan fingerprint density at radius 3 is 3.00 bits per heavy atom. The van der Waals surface area contributed by atoms with E-state index in [0.29, 0.717) is 24.6 Å². The number of morpholine rings is 1. The maximum Gasteiger partial charge on any atom is 0.0731 e. The number of nitrogens with zero attached hydrogens (tertiary/aromatic N) is 2. The van der Waals surface area contributed by atoms with Crippen LogP contribution in [0.5, 0.6) is 0 Å². The minimum atomic E-state index is 0.440. The van der Waals surface area contributed by atoms with Crippen LogP contribution in [-0.4, -0.2) is 36.2 Å². The second-order valence-electron chi connectivity index (χ2n) is 4.92. The van der Waals surface area contributed by atoms with Crippen molar-refractivity contribution in [1.82, 2.24) is 4.90 Å². The molecule has 1 heterocycles. The van der Waals surface area contributed by atoms with E-state index in [-0.39, 0.29) is 0 Å². The first kappa shape index (κ1) is 11.9. The fraction of sp³-hybridized carbons (Fsp3) is 0.923. The maximum absolute atomic E-state index is 8.89. The fourth-order valence-corrected chi connectivity index (χ4v) is 3.18. The van der Waals surface area contributed by atoms with Gasteiger partial charge < -0.3 is 4.74 Å². The van der Waals surface area contributed by atoms with Crippen LogP contribution in [0.25, 0.3) is 0 Å². The van der Waals surface area contributed by atoms with E-state index in [1.165, 1.54) is 25.7 Å². The third kappa shape index (κ3) is 2.39. The minimum absolute atomic E-state index is 0.440. The lowest BCUT2D eigenvalue weighted by molar-refractivity contribution is -0.102. The Labute approximate surface area is 98.4 Å². The highest BCUT2D eigenvalue weighted by Gasteiger charge is 2.36. The number of ether oxygens (including phenoxy) is 1. The van der Waals surface area contributed by atoms with Gasteiger partial charge in [0.1, 0.15) is 0 Å². The minimum Gasteiger partial charge on any atom is -0.375 e. The van der Waals surface area contributed by atoms with Crippen molar-refractivity contribution in [2.75, 3.05) is 13.2 Å². The summed E-state index contributed by atoms with van der Waals surface area (Å²) < 4.78 is 5.86. The zero-order chi connectivity index (χ0) is 11.4. The average Bonchev–Trinajstić information content (AvgIpc) is 2.35. The molecule has 1 saturated carbocycles. The highest BCUT2D eigenvalue weighted by molar-refractivity contribution is 4.92. The predicted molar refractivity (Wildman–Crippen MR) is 63.0 cm³/mol. The van der Waals surface area contributed by atoms with Crippen LogP contribution in [0.3, 0.4) is 0 Å². The molecule has 0 bridgehead atoms. The van der Waals surface area contributed by atoms with E-state index in [1.54, 1.807) is 0 Å². The number of hydrogen-bond acceptors (Lipinski definition) is 3. The van der Waals surface area contributed by atoms with Crippen LogP contribution in [0.1, 0.15) is 45.4 Å². The molecule has 90 valence electrons. The van der Waals surface area contributed by atoms with Gasteiger partial charge in [-0.2, -0.15) is 5.26 Å².